The van der Waals surface area contributed by atoms with Gasteiger partial charge in [0.1, 0.15) is 0 Å². The van der Waals surface area contributed by atoms with Crippen molar-refractivity contribution in [3.63, 3.8) is 0 Å². The van der Waals surface area contributed by atoms with Crippen LogP contribution in [0, 0.1) is 5.92 Å². The Balaban J connectivity index is 1.91. The third kappa shape index (κ3) is 2.66. The van der Waals surface area contributed by atoms with Gasteiger partial charge in [-0.1, -0.05) is 13.8 Å². The molecule has 1 atom stereocenters. The first-order valence-corrected chi connectivity index (χ1v) is 6.08. The molecular formula is C12H19N3O2. The lowest BCUT2D eigenvalue weighted by Crippen LogP contribution is -2.47. The molecule has 0 saturated carbocycles. The Morgan fingerprint density at radius 1 is 1.65 bits per heavy atom. The number of likely N-dealkylation sites (N-methyl/N-ethyl adjacent to an activating group) is 1. The van der Waals surface area contributed by atoms with Gasteiger partial charge in [-0.25, -0.2) is 0 Å². The van der Waals surface area contributed by atoms with Crippen molar-refractivity contribution in [2.75, 3.05) is 19.6 Å². The van der Waals surface area contributed by atoms with Crippen molar-refractivity contribution in [1.82, 2.24) is 14.7 Å². The molecule has 1 saturated heterocycles. The lowest BCUT2D eigenvalue weighted by Gasteiger charge is -2.38. The standard InChI is InChI=1S/C12H19N3O2/c1-3-14-7-11(8-14)15-6-10(5-13-15)4-9(2)12(16)17/h5-6,9,11H,3-4,7-8H2,1-2H3,(H,16,17). The predicted octanol–water partition coefficient (Wildman–Crippen LogP) is 1.02. The van der Waals surface area contributed by atoms with Crippen molar-refractivity contribution in [3.05, 3.63) is 18.0 Å². The SMILES string of the molecule is CCN1CC(n2cc(CC(C)C(=O)O)cn2)C1. The Morgan fingerprint density at radius 3 is 2.94 bits per heavy atom. The monoisotopic (exact) mass is 237 g/mol. The maximum atomic E-state index is 10.8. The largest absolute Gasteiger partial charge is 0.481 e. The molecule has 94 valence electrons. The van der Waals surface area contributed by atoms with Crippen LogP contribution in [0.3, 0.4) is 0 Å². The minimum absolute atomic E-state index is 0.346. The molecule has 0 aromatic carbocycles. The summed E-state index contributed by atoms with van der Waals surface area (Å²) in [6, 6.07) is 0.462. The predicted molar refractivity (Wildman–Crippen MR) is 63.9 cm³/mol. The van der Waals surface area contributed by atoms with Gasteiger partial charge >= 0.3 is 5.97 Å². The number of likely N-dealkylation sites (tertiary alicyclic amines) is 1. The van der Waals surface area contributed by atoms with Crippen molar-refractivity contribution in [2.24, 2.45) is 5.92 Å². The molecule has 0 amide bonds. The van der Waals surface area contributed by atoms with Crippen LogP contribution in [0.5, 0.6) is 0 Å². The molecule has 5 nitrogen and oxygen atoms in total. The summed E-state index contributed by atoms with van der Waals surface area (Å²) in [5, 5.41) is 13.2. The Hall–Kier alpha value is -1.36. The molecule has 1 aromatic heterocycles. The highest BCUT2D eigenvalue weighted by Gasteiger charge is 2.27. The third-order valence-corrected chi connectivity index (χ3v) is 3.38. The van der Waals surface area contributed by atoms with Gasteiger partial charge in [-0.15, -0.1) is 0 Å². The highest BCUT2D eigenvalue weighted by atomic mass is 16.4. The van der Waals surface area contributed by atoms with E-state index >= 15 is 0 Å². The number of carbonyl (C=O) groups is 1. The van der Waals surface area contributed by atoms with E-state index in [4.69, 9.17) is 5.11 Å². The van der Waals surface area contributed by atoms with Gasteiger partial charge in [0, 0.05) is 19.3 Å². The molecule has 1 unspecified atom stereocenters. The zero-order chi connectivity index (χ0) is 12.4. The number of carboxylic acids is 1. The lowest BCUT2D eigenvalue weighted by atomic mass is 10.0. The second-order valence-corrected chi connectivity index (χ2v) is 4.78. The number of hydrogen-bond acceptors (Lipinski definition) is 3. The van der Waals surface area contributed by atoms with Gasteiger partial charge in [-0.3, -0.25) is 14.4 Å². The maximum absolute atomic E-state index is 10.8. The number of carboxylic acid groups (broad SMARTS) is 1. The van der Waals surface area contributed by atoms with E-state index in [-0.39, 0.29) is 5.92 Å². The first-order chi connectivity index (χ1) is 8.10. The maximum Gasteiger partial charge on any atom is 0.306 e. The van der Waals surface area contributed by atoms with Crippen molar-refractivity contribution < 1.29 is 9.90 Å². The van der Waals surface area contributed by atoms with Crippen molar-refractivity contribution in [3.8, 4) is 0 Å². The van der Waals surface area contributed by atoms with Crippen LogP contribution in [0.4, 0.5) is 0 Å². The quantitative estimate of drug-likeness (QED) is 0.830. The van der Waals surface area contributed by atoms with E-state index in [0.717, 1.165) is 25.2 Å². The minimum Gasteiger partial charge on any atom is -0.481 e. The Labute approximate surface area is 101 Å². The van der Waals surface area contributed by atoms with Gasteiger partial charge in [0.15, 0.2) is 0 Å². The van der Waals surface area contributed by atoms with Crippen molar-refractivity contribution in [1.29, 1.82) is 0 Å². The zero-order valence-corrected chi connectivity index (χ0v) is 10.3. The smallest absolute Gasteiger partial charge is 0.306 e. The second kappa shape index (κ2) is 4.87. The topological polar surface area (TPSA) is 58.4 Å². The summed E-state index contributed by atoms with van der Waals surface area (Å²) in [4.78, 5) is 13.1. The van der Waals surface area contributed by atoms with Crippen LogP contribution in [0.1, 0.15) is 25.5 Å². The fourth-order valence-corrected chi connectivity index (χ4v) is 2.09. The molecule has 5 heteroatoms. The van der Waals surface area contributed by atoms with E-state index in [2.05, 4.69) is 16.9 Å². The molecule has 0 radical (unpaired) electrons. The molecule has 0 aliphatic carbocycles. The van der Waals surface area contributed by atoms with Gasteiger partial charge in [0.2, 0.25) is 0 Å². The van der Waals surface area contributed by atoms with E-state index in [1.54, 1.807) is 13.1 Å². The summed E-state index contributed by atoms with van der Waals surface area (Å²) in [7, 11) is 0. The molecular weight excluding hydrogens is 218 g/mol. The van der Waals surface area contributed by atoms with Crippen LogP contribution >= 0.6 is 0 Å². The van der Waals surface area contributed by atoms with E-state index in [1.165, 1.54) is 0 Å². The summed E-state index contributed by atoms with van der Waals surface area (Å²) >= 11 is 0. The Morgan fingerprint density at radius 2 is 2.35 bits per heavy atom. The first-order valence-electron chi connectivity index (χ1n) is 6.08. The normalized spacial score (nSPS) is 18.9. The van der Waals surface area contributed by atoms with Gasteiger partial charge < -0.3 is 5.11 Å². The van der Waals surface area contributed by atoms with Crippen molar-refractivity contribution >= 4 is 5.97 Å². The number of aliphatic carboxylic acids is 1. The molecule has 17 heavy (non-hydrogen) atoms. The fraction of sp³-hybridized carbons (Fsp3) is 0.667. The summed E-state index contributed by atoms with van der Waals surface area (Å²) < 4.78 is 1.97. The third-order valence-electron chi connectivity index (χ3n) is 3.38. The number of nitrogens with zero attached hydrogens (tertiary/aromatic N) is 3. The van der Waals surface area contributed by atoms with E-state index in [9.17, 15) is 4.79 Å². The minimum atomic E-state index is -0.751. The van der Waals surface area contributed by atoms with Gasteiger partial charge in [-0.05, 0) is 18.5 Å². The van der Waals surface area contributed by atoms with Crippen LogP contribution < -0.4 is 0 Å². The van der Waals surface area contributed by atoms with Crippen LogP contribution in [0.2, 0.25) is 0 Å². The molecule has 1 N–H and O–H groups in total. The average molecular weight is 237 g/mol. The lowest BCUT2D eigenvalue weighted by molar-refractivity contribution is -0.141. The Kier molecular flexibility index (Phi) is 3.47. The van der Waals surface area contributed by atoms with Gasteiger partial charge in [0.05, 0.1) is 18.2 Å². The van der Waals surface area contributed by atoms with Crippen LogP contribution in [-0.4, -0.2) is 45.4 Å². The first kappa shape index (κ1) is 12.1. The highest BCUT2D eigenvalue weighted by molar-refractivity contribution is 5.69. The molecule has 1 aromatic rings. The average Bonchev–Trinajstić information content (AvgIpc) is 2.64. The highest BCUT2D eigenvalue weighted by Crippen LogP contribution is 2.20. The molecule has 0 bridgehead atoms. The number of hydrogen-bond donors (Lipinski definition) is 1. The van der Waals surface area contributed by atoms with E-state index < -0.39 is 5.97 Å². The summed E-state index contributed by atoms with van der Waals surface area (Å²) in [6.07, 6.45) is 4.32. The summed E-state index contributed by atoms with van der Waals surface area (Å²) in [5.74, 6) is -1.10. The molecule has 2 rings (SSSR count). The second-order valence-electron chi connectivity index (χ2n) is 4.78. The van der Waals surface area contributed by atoms with Crippen LogP contribution in [-0.2, 0) is 11.2 Å². The van der Waals surface area contributed by atoms with Crippen LogP contribution in [0.25, 0.3) is 0 Å². The molecule has 1 fully saturated rings. The Bertz CT molecular complexity index is 396. The van der Waals surface area contributed by atoms with E-state index in [1.807, 2.05) is 10.9 Å². The molecule has 0 spiro atoms. The fourth-order valence-electron chi connectivity index (χ4n) is 2.09. The summed E-state index contributed by atoms with van der Waals surface area (Å²) in [5.41, 5.74) is 1.01. The van der Waals surface area contributed by atoms with E-state index in [0.29, 0.717) is 12.5 Å². The van der Waals surface area contributed by atoms with Crippen LogP contribution in [0.15, 0.2) is 12.4 Å². The van der Waals surface area contributed by atoms with Crippen molar-refractivity contribution in [2.45, 2.75) is 26.3 Å². The summed E-state index contributed by atoms with van der Waals surface area (Å²) in [6.45, 7) is 7.06. The molecule has 1 aliphatic rings. The number of rotatable bonds is 5. The molecule has 1 aliphatic heterocycles. The number of aromatic nitrogens is 2. The van der Waals surface area contributed by atoms with Gasteiger partial charge in [0.25, 0.3) is 0 Å². The zero-order valence-electron chi connectivity index (χ0n) is 10.3. The molecule has 2 heterocycles. The van der Waals surface area contributed by atoms with Gasteiger partial charge in [-0.2, -0.15) is 5.10 Å².